The van der Waals surface area contributed by atoms with Crippen molar-refractivity contribution in [2.45, 2.75) is 41.6 Å². The number of hydrogen-bond acceptors (Lipinski definition) is 10. The smallest absolute Gasteiger partial charge is 0.352 e. The summed E-state index contributed by atoms with van der Waals surface area (Å²) in [6, 6.07) is -1.05. The molecule has 3 atom stereocenters. The third kappa shape index (κ3) is 3.96. The fraction of sp³-hybridized carbons (Fsp3) is 0.467. The Kier molecular flexibility index (Phi) is 6.27. The Morgan fingerprint density at radius 2 is 2.27 bits per heavy atom. The van der Waals surface area contributed by atoms with E-state index in [1.807, 2.05) is 0 Å². The van der Waals surface area contributed by atoms with Crippen molar-refractivity contribution in [2.24, 2.45) is 5.73 Å². The Hall–Kier alpha value is -3.12. The third-order valence-electron chi connectivity index (χ3n) is 4.51. The van der Waals surface area contributed by atoms with Gasteiger partial charge in [-0.1, -0.05) is 11.8 Å². The van der Waals surface area contributed by atoms with E-state index < -0.39 is 40.4 Å². The maximum Gasteiger partial charge on any atom is 0.352 e. The first-order chi connectivity index (χ1) is 14.3. The topological polar surface area (TPSA) is 199 Å². The van der Waals surface area contributed by atoms with Crippen LogP contribution in [-0.4, -0.2) is 81.6 Å². The summed E-state index contributed by atoms with van der Waals surface area (Å²) in [5, 5.41) is 31.5. The highest BCUT2D eigenvalue weighted by Crippen LogP contribution is 2.45. The van der Waals surface area contributed by atoms with Gasteiger partial charge in [0.05, 0.1) is 0 Å². The number of aromatic amines is 1. The van der Waals surface area contributed by atoms with E-state index >= 15 is 0 Å². The van der Waals surface area contributed by atoms with Crippen LogP contribution in [-0.2, 0) is 19.2 Å². The van der Waals surface area contributed by atoms with Crippen molar-refractivity contribution in [1.29, 1.82) is 5.26 Å². The number of fused-ring (bicyclic) bond motifs is 1. The summed E-state index contributed by atoms with van der Waals surface area (Å²) in [4.78, 5) is 49.6. The molecular formula is C15H16N8O5S2. The maximum absolute atomic E-state index is 12.7. The first kappa shape index (κ1) is 21.6. The number of carbonyl (C=O) groups is 4. The minimum absolute atomic E-state index is 0.0108. The van der Waals surface area contributed by atoms with Gasteiger partial charge in [0.15, 0.2) is 12.2 Å². The first-order valence-electron chi connectivity index (χ1n) is 8.55. The van der Waals surface area contributed by atoms with E-state index in [4.69, 9.17) is 5.73 Å². The number of nitrogens with zero attached hydrogens (tertiary/aromatic N) is 6. The highest BCUT2D eigenvalue weighted by Gasteiger charge is 2.57. The van der Waals surface area contributed by atoms with Crippen molar-refractivity contribution in [2.75, 3.05) is 5.75 Å². The predicted octanol–water partition coefficient (Wildman–Crippen LogP) is -1.12. The van der Waals surface area contributed by atoms with Crippen LogP contribution in [0.3, 0.4) is 0 Å². The normalized spacial score (nSPS) is 21.3. The van der Waals surface area contributed by atoms with Crippen LogP contribution in [0.2, 0.25) is 0 Å². The van der Waals surface area contributed by atoms with Gasteiger partial charge in [-0.2, -0.15) is 10.5 Å². The van der Waals surface area contributed by atoms with Crippen LogP contribution in [0.15, 0.2) is 16.4 Å². The van der Waals surface area contributed by atoms with Gasteiger partial charge in [-0.15, -0.1) is 22.0 Å². The quantitative estimate of drug-likeness (QED) is 0.187. The maximum atomic E-state index is 12.7. The number of hydrogen-bond donors (Lipinski definition) is 3. The number of aliphatic carboxylic acids is 1. The minimum Gasteiger partial charge on any atom is -0.477 e. The van der Waals surface area contributed by atoms with Crippen molar-refractivity contribution in [1.82, 2.24) is 30.4 Å². The number of carbonyl (C=O) groups excluding carboxylic acids is 3. The van der Waals surface area contributed by atoms with E-state index in [0.29, 0.717) is 5.57 Å². The summed E-state index contributed by atoms with van der Waals surface area (Å²) in [7, 11) is 0. The lowest BCUT2D eigenvalue weighted by molar-refractivity contribution is -0.156. The molecule has 0 radical (unpaired) electrons. The number of carboxylic acid groups (broad SMARTS) is 1. The van der Waals surface area contributed by atoms with Gasteiger partial charge in [0.25, 0.3) is 5.91 Å². The van der Waals surface area contributed by atoms with E-state index in [9.17, 15) is 29.5 Å². The molecule has 0 saturated carbocycles. The van der Waals surface area contributed by atoms with Gasteiger partial charge in [-0.25, -0.2) is 9.69 Å². The third-order valence-corrected chi connectivity index (χ3v) is 6.99. The summed E-state index contributed by atoms with van der Waals surface area (Å²) in [6.07, 6.45) is 1.88. The fourth-order valence-electron chi connectivity index (χ4n) is 3.21. The van der Waals surface area contributed by atoms with Crippen molar-refractivity contribution < 1.29 is 24.3 Å². The molecule has 0 bridgehead atoms. The second-order valence-corrected chi connectivity index (χ2v) is 8.60. The van der Waals surface area contributed by atoms with Crippen molar-refractivity contribution in [3.63, 3.8) is 0 Å². The largest absolute Gasteiger partial charge is 0.477 e. The van der Waals surface area contributed by atoms with Gasteiger partial charge >= 0.3 is 5.97 Å². The average Bonchev–Trinajstić information content (AvgIpc) is 3.20. The number of H-pyrrole nitrogens is 1. The number of primary amides is 1. The minimum atomic E-state index is -1.33. The van der Waals surface area contributed by atoms with Gasteiger partial charge in [0, 0.05) is 24.3 Å². The molecule has 2 aliphatic rings. The van der Waals surface area contributed by atoms with Crippen LogP contribution in [0.25, 0.3) is 0 Å². The van der Waals surface area contributed by atoms with Crippen LogP contribution in [0.4, 0.5) is 0 Å². The molecule has 2 aliphatic heterocycles. The van der Waals surface area contributed by atoms with Gasteiger partial charge in [-0.3, -0.25) is 19.3 Å². The van der Waals surface area contributed by atoms with Crippen LogP contribution in [0, 0.1) is 11.5 Å². The van der Waals surface area contributed by atoms with Gasteiger partial charge in [0.1, 0.15) is 11.1 Å². The number of nitriles is 1. The highest BCUT2D eigenvalue weighted by atomic mass is 32.2. The zero-order valence-corrected chi connectivity index (χ0v) is 17.1. The Morgan fingerprint density at radius 3 is 2.80 bits per heavy atom. The number of tetrazole rings is 1. The number of thioether (sulfide) groups is 2. The SMILES string of the molecule is CC(=O)N(C#N)C1C(=O)N2C(C(=O)O)=C(C(CCC(N)=O)Sc3nn[nH]n3)CS[C@@H]12. The molecule has 1 fully saturated rings. The second kappa shape index (κ2) is 8.71. The van der Waals surface area contributed by atoms with Crippen molar-refractivity contribution in [3.05, 3.63) is 11.3 Å². The lowest BCUT2D eigenvalue weighted by atomic mass is 9.99. The number of amides is 3. The van der Waals surface area contributed by atoms with Gasteiger partial charge < -0.3 is 10.8 Å². The zero-order chi connectivity index (χ0) is 22.0. The first-order valence-corrected chi connectivity index (χ1v) is 10.5. The standard InChI is InChI=1S/C15H16N8O5S2/c1-6(24)22(5-16)11-12(26)23-10(14(27)28)7(4-29-13(11)23)8(2-3-9(17)25)30-15-18-20-21-19-15/h8,11,13H,2-4H2,1H3,(H2,17,25)(H,27,28)(H,18,19,20,21)/t8?,11?,13-/m0/s1. The average molecular weight is 452 g/mol. The number of β-lactam (4-membered cyclic amide) rings is 1. The zero-order valence-electron chi connectivity index (χ0n) is 15.5. The number of nitrogens with one attached hydrogen (secondary N) is 1. The summed E-state index contributed by atoms with van der Waals surface area (Å²) in [5.41, 5.74) is 5.42. The van der Waals surface area contributed by atoms with Crippen LogP contribution < -0.4 is 5.73 Å². The molecule has 1 aromatic rings. The molecule has 0 aliphatic carbocycles. The predicted molar refractivity (Wildman–Crippen MR) is 102 cm³/mol. The van der Waals surface area contributed by atoms with Crippen LogP contribution in [0.5, 0.6) is 0 Å². The van der Waals surface area contributed by atoms with Crippen LogP contribution >= 0.6 is 23.5 Å². The van der Waals surface area contributed by atoms with E-state index in [-0.39, 0.29) is 29.4 Å². The van der Waals surface area contributed by atoms with E-state index in [1.54, 1.807) is 6.19 Å². The Labute approximate surface area is 178 Å². The molecule has 13 nitrogen and oxygen atoms in total. The molecule has 15 heteroatoms. The van der Waals surface area contributed by atoms with Gasteiger partial charge in [0.2, 0.25) is 17.0 Å². The molecule has 0 spiro atoms. The van der Waals surface area contributed by atoms with Crippen molar-refractivity contribution in [3.8, 4) is 6.19 Å². The molecule has 0 aromatic carbocycles. The molecule has 2 unspecified atom stereocenters. The lowest BCUT2D eigenvalue weighted by Gasteiger charge is -2.51. The number of aromatic nitrogens is 4. The molecule has 4 N–H and O–H groups in total. The monoisotopic (exact) mass is 452 g/mol. The van der Waals surface area contributed by atoms with Crippen LogP contribution in [0.1, 0.15) is 19.8 Å². The summed E-state index contributed by atoms with van der Waals surface area (Å²) in [6.45, 7) is 1.16. The number of nitrogens with two attached hydrogens (primary N) is 1. The number of carboxylic acids is 1. The summed E-state index contributed by atoms with van der Waals surface area (Å²) in [5.74, 6) is -2.94. The second-order valence-electron chi connectivity index (χ2n) is 6.33. The highest BCUT2D eigenvalue weighted by molar-refractivity contribution is 8.01. The molecule has 3 amide bonds. The Bertz CT molecular complexity index is 959. The van der Waals surface area contributed by atoms with Gasteiger partial charge in [-0.05, 0) is 17.2 Å². The van der Waals surface area contributed by atoms with E-state index in [2.05, 4.69) is 20.6 Å². The Balaban J connectivity index is 1.95. The molecule has 158 valence electrons. The molecule has 1 aromatic heterocycles. The summed E-state index contributed by atoms with van der Waals surface area (Å²) < 4.78 is 0. The fourth-order valence-corrected chi connectivity index (χ4v) is 5.79. The molecular weight excluding hydrogens is 436 g/mol. The van der Waals surface area contributed by atoms with E-state index in [1.165, 1.54) is 11.8 Å². The molecule has 1 saturated heterocycles. The lowest BCUT2D eigenvalue weighted by Crippen LogP contribution is -2.70. The molecule has 3 heterocycles. The van der Waals surface area contributed by atoms with E-state index in [0.717, 1.165) is 28.5 Å². The van der Waals surface area contributed by atoms with Crippen molar-refractivity contribution >= 4 is 47.2 Å². The molecule has 3 rings (SSSR count). The number of rotatable bonds is 8. The summed E-state index contributed by atoms with van der Waals surface area (Å²) >= 11 is 2.33. The molecule has 30 heavy (non-hydrogen) atoms. The Morgan fingerprint density at radius 1 is 1.53 bits per heavy atom.